The van der Waals surface area contributed by atoms with Crippen molar-refractivity contribution in [3.05, 3.63) is 35.4 Å². The van der Waals surface area contributed by atoms with Gasteiger partial charge in [-0.1, -0.05) is 26.0 Å². The molecule has 2 nitrogen and oxygen atoms in total. The molecule has 88 valence electrons. The van der Waals surface area contributed by atoms with E-state index in [4.69, 9.17) is 11.6 Å². The molecule has 3 heteroatoms. The summed E-state index contributed by atoms with van der Waals surface area (Å²) in [7, 11) is 0. The molecule has 0 spiro atoms. The Labute approximate surface area is 102 Å². The largest absolute Gasteiger partial charge is 0.348 e. The van der Waals surface area contributed by atoms with Gasteiger partial charge in [-0.25, -0.2) is 0 Å². The fraction of sp³-hybridized carbons (Fsp3) is 0.462. The molecule has 1 aromatic carbocycles. The first-order valence-electron chi connectivity index (χ1n) is 5.51. The van der Waals surface area contributed by atoms with E-state index in [1.807, 2.05) is 31.2 Å². The minimum atomic E-state index is -0.0662. The second-order valence-corrected chi connectivity index (χ2v) is 4.61. The third-order valence-electron chi connectivity index (χ3n) is 2.45. The average molecular weight is 240 g/mol. The number of halogens is 1. The average Bonchev–Trinajstić information content (AvgIpc) is 2.28. The Morgan fingerprint density at radius 3 is 2.25 bits per heavy atom. The summed E-state index contributed by atoms with van der Waals surface area (Å²) in [5, 5.41) is 2.82. The number of hydrogen-bond acceptors (Lipinski definition) is 1. The zero-order valence-corrected chi connectivity index (χ0v) is 10.7. The lowest BCUT2D eigenvalue weighted by Gasteiger charge is -2.11. The number of nitrogens with one attached hydrogen (secondary N) is 1. The summed E-state index contributed by atoms with van der Waals surface area (Å²) in [4.78, 5) is 11.7. The van der Waals surface area contributed by atoms with E-state index in [0.717, 1.165) is 0 Å². The second kappa shape index (κ2) is 5.90. The Morgan fingerprint density at radius 2 is 1.81 bits per heavy atom. The zero-order chi connectivity index (χ0) is 12.1. The maximum absolute atomic E-state index is 11.7. The molecule has 0 bridgehead atoms. The van der Waals surface area contributed by atoms with Crippen LogP contribution in [0.5, 0.6) is 0 Å². The first-order valence-corrected chi connectivity index (χ1v) is 6.04. The van der Waals surface area contributed by atoms with Crippen molar-refractivity contribution in [3.63, 3.8) is 0 Å². The summed E-state index contributed by atoms with van der Waals surface area (Å²) in [6.45, 7) is 6.14. The normalized spacial score (nSPS) is 12.6. The van der Waals surface area contributed by atoms with Gasteiger partial charge in [0.15, 0.2) is 0 Å². The predicted molar refractivity (Wildman–Crippen MR) is 68.2 cm³/mol. The summed E-state index contributed by atoms with van der Waals surface area (Å²) in [5.41, 5.74) is 1.92. The van der Waals surface area contributed by atoms with Crippen LogP contribution in [-0.2, 0) is 0 Å². The topological polar surface area (TPSA) is 29.1 Å². The highest BCUT2D eigenvalue weighted by Gasteiger charge is 2.09. The zero-order valence-electron chi connectivity index (χ0n) is 9.96. The maximum atomic E-state index is 11.7. The molecular formula is C13H18ClNO. The van der Waals surface area contributed by atoms with Crippen LogP contribution in [0.3, 0.4) is 0 Å². The van der Waals surface area contributed by atoms with Crippen molar-refractivity contribution < 1.29 is 4.79 Å². The van der Waals surface area contributed by atoms with Gasteiger partial charge in [-0.15, -0.1) is 11.6 Å². The molecule has 0 heterocycles. The van der Waals surface area contributed by atoms with Crippen molar-refractivity contribution in [2.45, 2.75) is 32.7 Å². The van der Waals surface area contributed by atoms with E-state index in [0.29, 0.717) is 17.4 Å². The van der Waals surface area contributed by atoms with Crippen molar-refractivity contribution in [1.29, 1.82) is 0 Å². The predicted octanol–water partition coefficient (Wildman–Crippen LogP) is 3.17. The number of alkyl halides is 1. The highest BCUT2D eigenvalue weighted by atomic mass is 35.5. The molecule has 0 aliphatic heterocycles. The molecular weight excluding hydrogens is 222 g/mol. The Kier molecular flexibility index (Phi) is 4.81. The van der Waals surface area contributed by atoms with Crippen molar-refractivity contribution in [2.24, 2.45) is 0 Å². The molecule has 1 amide bonds. The van der Waals surface area contributed by atoms with Gasteiger partial charge in [0.25, 0.3) is 5.91 Å². The molecule has 0 radical (unpaired) electrons. The molecule has 1 aromatic rings. The van der Waals surface area contributed by atoms with Crippen molar-refractivity contribution in [3.8, 4) is 0 Å². The summed E-state index contributed by atoms with van der Waals surface area (Å²) < 4.78 is 0. The lowest BCUT2D eigenvalue weighted by Crippen LogP contribution is -2.33. The van der Waals surface area contributed by atoms with Crippen molar-refractivity contribution >= 4 is 17.5 Å². The molecule has 0 aromatic heterocycles. The maximum Gasteiger partial charge on any atom is 0.251 e. The molecule has 0 fully saturated rings. The van der Waals surface area contributed by atoms with E-state index in [-0.39, 0.29) is 11.9 Å². The van der Waals surface area contributed by atoms with E-state index in [2.05, 4.69) is 19.2 Å². The highest BCUT2D eigenvalue weighted by Crippen LogP contribution is 2.14. The minimum Gasteiger partial charge on any atom is -0.348 e. The van der Waals surface area contributed by atoms with Gasteiger partial charge in [-0.3, -0.25) is 4.79 Å². The molecule has 1 unspecified atom stereocenters. The number of hydrogen-bond donors (Lipinski definition) is 1. The van der Waals surface area contributed by atoms with Gasteiger partial charge in [0.2, 0.25) is 0 Å². The third kappa shape index (κ3) is 3.53. The molecule has 0 saturated carbocycles. The van der Waals surface area contributed by atoms with Gasteiger partial charge in [0, 0.05) is 17.5 Å². The van der Waals surface area contributed by atoms with Crippen LogP contribution >= 0.6 is 11.6 Å². The van der Waals surface area contributed by atoms with Crippen LogP contribution in [0.1, 0.15) is 42.6 Å². The van der Waals surface area contributed by atoms with E-state index >= 15 is 0 Å². The van der Waals surface area contributed by atoms with Crippen LogP contribution in [0.4, 0.5) is 0 Å². The summed E-state index contributed by atoms with van der Waals surface area (Å²) in [6, 6.07) is 7.69. The fourth-order valence-corrected chi connectivity index (χ4v) is 1.44. The number of amides is 1. The highest BCUT2D eigenvalue weighted by molar-refractivity contribution is 6.18. The van der Waals surface area contributed by atoms with Gasteiger partial charge in [0.1, 0.15) is 0 Å². The lowest BCUT2D eigenvalue weighted by atomic mass is 10.0. The number of benzene rings is 1. The third-order valence-corrected chi connectivity index (χ3v) is 2.91. The molecule has 1 atom stereocenters. The van der Waals surface area contributed by atoms with Gasteiger partial charge >= 0.3 is 0 Å². The lowest BCUT2D eigenvalue weighted by molar-refractivity contribution is 0.0943. The number of rotatable bonds is 4. The number of carbonyl (C=O) groups is 1. The Balaban J connectivity index is 2.70. The molecule has 16 heavy (non-hydrogen) atoms. The first kappa shape index (κ1) is 13.0. The quantitative estimate of drug-likeness (QED) is 0.804. The summed E-state index contributed by atoms with van der Waals surface area (Å²) in [5.74, 6) is 0.845. The fourth-order valence-electron chi connectivity index (χ4n) is 1.37. The SMILES string of the molecule is CC(CCl)NC(=O)c1ccc(C(C)C)cc1. The van der Waals surface area contributed by atoms with Crippen LogP contribution in [0.25, 0.3) is 0 Å². The van der Waals surface area contributed by atoms with E-state index in [1.165, 1.54) is 5.56 Å². The molecule has 1 rings (SSSR count). The summed E-state index contributed by atoms with van der Waals surface area (Å²) >= 11 is 5.64. The van der Waals surface area contributed by atoms with E-state index in [1.54, 1.807) is 0 Å². The monoisotopic (exact) mass is 239 g/mol. The number of carbonyl (C=O) groups excluding carboxylic acids is 1. The second-order valence-electron chi connectivity index (χ2n) is 4.31. The Bertz CT molecular complexity index is 345. The van der Waals surface area contributed by atoms with Crippen LogP contribution in [0.2, 0.25) is 0 Å². The summed E-state index contributed by atoms with van der Waals surface area (Å²) in [6.07, 6.45) is 0. The molecule has 0 aliphatic rings. The van der Waals surface area contributed by atoms with E-state index in [9.17, 15) is 4.79 Å². The molecule has 0 saturated heterocycles. The van der Waals surface area contributed by atoms with Gasteiger partial charge in [-0.05, 0) is 30.5 Å². The van der Waals surface area contributed by atoms with Gasteiger partial charge < -0.3 is 5.32 Å². The minimum absolute atomic E-state index is 0.000980. The van der Waals surface area contributed by atoms with Crippen molar-refractivity contribution in [1.82, 2.24) is 5.32 Å². The molecule has 0 aliphatic carbocycles. The Hall–Kier alpha value is -1.02. The van der Waals surface area contributed by atoms with Crippen molar-refractivity contribution in [2.75, 3.05) is 5.88 Å². The molecule has 1 N–H and O–H groups in total. The first-order chi connectivity index (χ1) is 7.54. The van der Waals surface area contributed by atoms with Crippen LogP contribution in [0, 0.1) is 0 Å². The Morgan fingerprint density at radius 1 is 1.25 bits per heavy atom. The van der Waals surface area contributed by atoms with Gasteiger partial charge in [0.05, 0.1) is 0 Å². The van der Waals surface area contributed by atoms with Gasteiger partial charge in [-0.2, -0.15) is 0 Å². The van der Waals surface area contributed by atoms with Crippen LogP contribution in [0.15, 0.2) is 24.3 Å². The smallest absolute Gasteiger partial charge is 0.251 e. The van der Waals surface area contributed by atoms with Crippen LogP contribution in [-0.4, -0.2) is 17.8 Å². The standard InChI is InChI=1S/C13H18ClNO/c1-9(2)11-4-6-12(7-5-11)13(16)15-10(3)8-14/h4-7,9-10H,8H2,1-3H3,(H,15,16). The van der Waals surface area contributed by atoms with E-state index < -0.39 is 0 Å². The van der Waals surface area contributed by atoms with Crippen LogP contribution < -0.4 is 5.32 Å².